The number of methoxy groups -OCH3 is 1. The van der Waals surface area contributed by atoms with Crippen LogP contribution in [0.2, 0.25) is 0 Å². The van der Waals surface area contributed by atoms with Crippen molar-refractivity contribution in [3.8, 4) is 0 Å². The number of nitrogens with zero attached hydrogens (tertiary/aromatic N) is 2. The van der Waals surface area contributed by atoms with Crippen LogP contribution in [0.3, 0.4) is 0 Å². The van der Waals surface area contributed by atoms with Gasteiger partial charge in [-0.05, 0) is 43.4 Å². The summed E-state index contributed by atoms with van der Waals surface area (Å²) in [6, 6.07) is 0. The lowest BCUT2D eigenvalue weighted by Gasteiger charge is -2.36. The first-order valence-electron chi connectivity index (χ1n) is 9.77. The number of hydrogen-bond acceptors (Lipinski definition) is 3. The molecule has 2 N–H and O–H groups in total. The molecule has 1 saturated carbocycles. The Morgan fingerprint density at radius 1 is 1.28 bits per heavy atom. The summed E-state index contributed by atoms with van der Waals surface area (Å²) in [6.45, 7) is 3.78. The van der Waals surface area contributed by atoms with E-state index in [1.165, 1.54) is 25.7 Å². The van der Waals surface area contributed by atoms with Gasteiger partial charge in [-0.15, -0.1) is 0 Å². The van der Waals surface area contributed by atoms with E-state index in [4.69, 9.17) is 4.74 Å². The molecule has 2 rings (SSSR count). The number of guanidine groups is 1. The predicted octanol–water partition coefficient (Wildman–Crippen LogP) is 2.01. The van der Waals surface area contributed by atoms with Crippen molar-refractivity contribution < 1.29 is 9.53 Å². The fourth-order valence-electron chi connectivity index (χ4n) is 4.27. The lowest BCUT2D eigenvalue weighted by Crippen LogP contribution is -2.48. The van der Waals surface area contributed by atoms with Crippen molar-refractivity contribution in [1.29, 1.82) is 0 Å². The van der Waals surface area contributed by atoms with Crippen molar-refractivity contribution in [3.63, 3.8) is 0 Å². The molecule has 144 valence electrons. The third-order valence-electron chi connectivity index (χ3n) is 6.00. The molecule has 0 unspecified atom stereocenters. The van der Waals surface area contributed by atoms with Crippen LogP contribution in [-0.4, -0.2) is 64.2 Å². The number of rotatable bonds is 7. The zero-order valence-corrected chi connectivity index (χ0v) is 16.3. The summed E-state index contributed by atoms with van der Waals surface area (Å²) in [5, 5.41) is 6.37. The SMILES string of the molecule is CN=C(NCC1(CCOC)CCCC1)N1CCC(CC(=O)NC)CC1. The Hall–Kier alpha value is -1.30. The van der Waals surface area contributed by atoms with Crippen LogP contribution >= 0.6 is 0 Å². The molecule has 1 aliphatic carbocycles. The average molecular weight is 353 g/mol. The van der Waals surface area contributed by atoms with Crippen molar-refractivity contribution >= 4 is 11.9 Å². The number of likely N-dealkylation sites (tertiary alicyclic amines) is 1. The van der Waals surface area contributed by atoms with Crippen LogP contribution in [0.5, 0.6) is 0 Å². The minimum absolute atomic E-state index is 0.155. The van der Waals surface area contributed by atoms with Crippen LogP contribution in [-0.2, 0) is 9.53 Å². The second kappa shape index (κ2) is 10.00. The number of amides is 1. The topological polar surface area (TPSA) is 66.0 Å². The Balaban J connectivity index is 1.81. The second-order valence-corrected chi connectivity index (χ2v) is 7.66. The minimum Gasteiger partial charge on any atom is -0.385 e. The predicted molar refractivity (Wildman–Crippen MR) is 102 cm³/mol. The van der Waals surface area contributed by atoms with Crippen LogP contribution in [0, 0.1) is 11.3 Å². The molecule has 0 radical (unpaired) electrons. The Morgan fingerprint density at radius 2 is 1.96 bits per heavy atom. The Bertz CT molecular complexity index is 439. The summed E-state index contributed by atoms with van der Waals surface area (Å²) in [6.07, 6.45) is 9.12. The maximum Gasteiger partial charge on any atom is 0.220 e. The molecule has 2 fully saturated rings. The van der Waals surface area contributed by atoms with Crippen molar-refractivity contribution in [1.82, 2.24) is 15.5 Å². The van der Waals surface area contributed by atoms with Crippen molar-refractivity contribution in [2.45, 2.75) is 51.4 Å². The maximum atomic E-state index is 11.6. The molecule has 0 bridgehead atoms. The van der Waals surface area contributed by atoms with Crippen LogP contribution in [0.15, 0.2) is 4.99 Å². The van der Waals surface area contributed by atoms with Crippen LogP contribution in [0.1, 0.15) is 51.4 Å². The van der Waals surface area contributed by atoms with E-state index in [2.05, 4.69) is 20.5 Å². The monoisotopic (exact) mass is 352 g/mol. The Morgan fingerprint density at radius 3 is 2.52 bits per heavy atom. The molecule has 0 atom stereocenters. The number of nitrogens with one attached hydrogen (secondary N) is 2. The highest BCUT2D eigenvalue weighted by atomic mass is 16.5. The first-order chi connectivity index (χ1) is 12.1. The van der Waals surface area contributed by atoms with Gasteiger partial charge in [-0.25, -0.2) is 0 Å². The summed E-state index contributed by atoms with van der Waals surface area (Å²) in [5.74, 6) is 1.67. The summed E-state index contributed by atoms with van der Waals surface area (Å²) < 4.78 is 5.33. The smallest absolute Gasteiger partial charge is 0.220 e. The third kappa shape index (κ3) is 5.87. The molecule has 0 aromatic heterocycles. The first-order valence-corrected chi connectivity index (χ1v) is 9.77. The molecule has 0 aromatic rings. The highest BCUT2D eigenvalue weighted by molar-refractivity contribution is 5.80. The minimum atomic E-state index is 0.155. The summed E-state index contributed by atoms with van der Waals surface area (Å²) in [7, 11) is 5.37. The number of piperidine rings is 1. The van der Waals surface area contributed by atoms with Gasteiger partial charge in [0.15, 0.2) is 5.96 Å². The molecule has 6 nitrogen and oxygen atoms in total. The van der Waals surface area contributed by atoms with E-state index >= 15 is 0 Å². The van der Waals surface area contributed by atoms with E-state index in [9.17, 15) is 4.79 Å². The zero-order chi connectivity index (χ0) is 18.1. The molecule has 0 aromatic carbocycles. The van der Waals surface area contributed by atoms with Gasteiger partial charge in [0.05, 0.1) is 0 Å². The van der Waals surface area contributed by atoms with Gasteiger partial charge < -0.3 is 20.3 Å². The van der Waals surface area contributed by atoms with Crippen molar-refractivity contribution in [3.05, 3.63) is 0 Å². The van der Waals surface area contributed by atoms with Gasteiger partial charge in [0.2, 0.25) is 5.91 Å². The van der Waals surface area contributed by atoms with Gasteiger partial charge in [-0.2, -0.15) is 0 Å². The molecule has 1 aliphatic heterocycles. The number of carbonyl (C=O) groups excluding carboxylic acids is 1. The van der Waals surface area contributed by atoms with Crippen molar-refractivity contribution in [2.24, 2.45) is 16.3 Å². The van der Waals surface area contributed by atoms with E-state index in [1.807, 2.05) is 7.05 Å². The average Bonchev–Trinajstić information content (AvgIpc) is 3.11. The lowest BCUT2D eigenvalue weighted by atomic mass is 9.83. The zero-order valence-electron chi connectivity index (χ0n) is 16.3. The van der Waals surface area contributed by atoms with Crippen molar-refractivity contribution in [2.75, 3.05) is 47.4 Å². The largest absolute Gasteiger partial charge is 0.385 e. The number of ether oxygens (including phenoxy) is 1. The van der Waals surface area contributed by atoms with Crippen LogP contribution < -0.4 is 10.6 Å². The van der Waals surface area contributed by atoms with Gasteiger partial charge in [0, 0.05) is 53.9 Å². The molecular weight excluding hydrogens is 316 g/mol. The van der Waals surface area contributed by atoms with Gasteiger partial charge in [-0.3, -0.25) is 9.79 Å². The van der Waals surface area contributed by atoms with Gasteiger partial charge in [0.25, 0.3) is 0 Å². The molecule has 25 heavy (non-hydrogen) atoms. The van der Waals surface area contributed by atoms with E-state index in [0.717, 1.165) is 51.5 Å². The summed E-state index contributed by atoms with van der Waals surface area (Å²) in [4.78, 5) is 18.4. The van der Waals surface area contributed by atoms with Crippen LogP contribution in [0.4, 0.5) is 0 Å². The quantitative estimate of drug-likeness (QED) is 0.543. The molecule has 1 saturated heterocycles. The molecule has 2 aliphatic rings. The highest BCUT2D eigenvalue weighted by Crippen LogP contribution is 2.40. The number of hydrogen-bond donors (Lipinski definition) is 2. The van der Waals surface area contributed by atoms with E-state index in [-0.39, 0.29) is 5.91 Å². The van der Waals surface area contributed by atoms with Crippen LogP contribution in [0.25, 0.3) is 0 Å². The van der Waals surface area contributed by atoms with Gasteiger partial charge >= 0.3 is 0 Å². The summed E-state index contributed by atoms with van der Waals surface area (Å²) >= 11 is 0. The molecule has 6 heteroatoms. The fourth-order valence-corrected chi connectivity index (χ4v) is 4.27. The standard InChI is InChI=1S/C19H36N4O2/c1-20-17(24)14-16-6-11-23(12-7-16)18(21-2)22-15-19(10-13-25-3)8-4-5-9-19/h16H,4-15H2,1-3H3,(H,20,24)(H,21,22). The molecular formula is C19H36N4O2. The van der Waals surface area contributed by atoms with E-state index in [1.54, 1.807) is 14.2 Å². The number of aliphatic imine (C=N–C) groups is 1. The van der Waals surface area contributed by atoms with Gasteiger partial charge in [-0.1, -0.05) is 12.8 Å². The number of carbonyl (C=O) groups is 1. The Kier molecular flexibility index (Phi) is 8.00. The molecule has 1 amide bonds. The Labute approximate surface area is 152 Å². The normalized spacial score (nSPS) is 21.4. The van der Waals surface area contributed by atoms with E-state index < -0.39 is 0 Å². The third-order valence-corrected chi connectivity index (χ3v) is 6.00. The summed E-state index contributed by atoms with van der Waals surface area (Å²) in [5.41, 5.74) is 0.365. The molecule has 0 spiro atoms. The first kappa shape index (κ1) is 20.0. The fraction of sp³-hybridized carbons (Fsp3) is 0.895. The lowest BCUT2D eigenvalue weighted by molar-refractivity contribution is -0.121. The molecule has 1 heterocycles. The van der Waals surface area contributed by atoms with E-state index in [0.29, 0.717) is 17.8 Å². The second-order valence-electron chi connectivity index (χ2n) is 7.66. The van der Waals surface area contributed by atoms with Gasteiger partial charge in [0.1, 0.15) is 0 Å². The highest BCUT2D eigenvalue weighted by Gasteiger charge is 2.34. The maximum absolute atomic E-state index is 11.6.